The largest absolute Gasteiger partial charge is 0.345 e. The molecule has 0 aliphatic carbocycles. The molecule has 0 heterocycles. The lowest BCUT2D eigenvalue weighted by molar-refractivity contribution is -0.120. The molecule has 4 nitrogen and oxygen atoms in total. The molecule has 1 amide bonds. The number of sulfone groups is 1. The number of amides is 1. The summed E-state index contributed by atoms with van der Waals surface area (Å²) >= 11 is 5.97. The number of nitrogens with one attached hydrogen (secondary N) is 1. The van der Waals surface area contributed by atoms with Crippen LogP contribution in [0.1, 0.15) is 12.0 Å². The van der Waals surface area contributed by atoms with Crippen LogP contribution in [0.5, 0.6) is 0 Å². The van der Waals surface area contributed by atoms with Crippen molar-refractivity contribution < 1.29 is 13.2 Å². The lowest BCUT2D eigenvalue weighted by Crippen LogP contribution is -2.25. The van der Waals surface area contributed by atoms with E-state index in [0.717, 1.165) is 0 Å². The van der Waals surface area contributed by atoms with Crippen LogP contribution in [-0.2, 0) is 14.6 Å². The number of carbonyl (C=O) groups is 1. The van der Waals surface area contributed by atoms with Crippen LogP contribution < -0.4 is 5.32 Å². The predicted molar refractivity (Wildman–Crippen MR) is 94.5 cm³/mol. The highest BCUT2D eigenvalue weighted by Crippen LogP contribution is 2.13. The van der Waals surface area contributed by atoms with Crippen molar-refractivity contribution in [2.24, 2.45) is 0 Å². The van der Waals surface area contributed by atoms with Crippen LogP contribution in [0.2, 0.25) is 5.02 Å². The quantitative estimate of drug-likeness (QED) is 0.833. The average molecular weight is 362 g/mol. The third-order valence-corrected chi connectivity index (χ3v) is 5.23. The molecular formula is C18H16ClNO3S. The van der Waals surface area contributed by atoms with Crippen LogP contribution in [0.4, 0.5) is 0 Å². The summed E-state index contributed by atoms with van der Waals surface area (Å²) in [5.41, 5.74) is 0.681. The van der Waals surface area contributed by atoms with Crippen LogP contribution in [0.25, 0.3) is 0 Å². The third-order valence-electron chi connectivity index (χ3n) is 3.17. The van der Waals surface area contributed by atoms with E-state index >= 15 is 0 Å². The van der Waals surface area contributed by atoms with Gasteiger partial charge in [0.25, 0.3) is 0 Å². The van der Waals surface area contributed by atoms with E-state index < -0.39 is 9.84 Å². The van der Waals surface area contributed by atoms with Gasteiger partial charge < -0.3 is 5.32 Å². The number of hydrogen-bond acceptors (Lipinski definition) is 3. The molecule has 0 atom stereocenters. The van der Waals surface area contributed by atoms with Gasteiger partial charge in [-0.2, -0.15) is 0 Å². The lowest BCUT2D eigenvalue weighted by Gasteiger charge is -2.04. The van der Waals surface area contributed by atoms with E-state index in [4.69, 9.17) is 11.6 Å². The summed E-state index contributed by atoms with van der Waals surface area (Å²) in [5.74, 6) is 5.04. The summed E-state index contributed by atoms with van der Waals surface area (Å²) in [6.45, 7) is 0.134. The number of benzene rings is 2. The van der Waals surface area contributed by atoms with Gasteiger partial charge in [-0.05, 0) is 24.3 Å². The van der Waals surface area contributed by atoms with Crippen molar-refractivity contribution in [2.45, 2.75) is 11.3 Å². The molecule has 6 heteroatoms. The molecule has 0 saturated heterocycles. The molecule has 2 aromatic carbocycles. The van der Waals surface area contributed by atoms with E-state index in [-0.39, 0.29) is 29.5 Å². The first-order valence-electron chi connectivity index (χ1n) is 7.27. The SMILES string of the molecule is O=C(CCS(=O)(=O)c1ccccc1)NCC#Cc1ccccc1Cl. The van der Waals surface area contributed by atoms with Crippen LogP contribution >= 0.6 is 11.6 Å². The standard InChI is InChI=1S/C18H16ClNO3S/c19-17-11-5-4-7-15(17)8-6-13-20-18(21)12-14-24(22,23)16-9-2-1-3-10-16/h1-5,7,9-11H,12-14H2,(H,20,21). The predicted octanol–water partition coefficient (Wildman–Crippen LogP) is 2.67. The van der Waals surface area contributed by atoms with Crippen molar-refractivity contribution in [3.8, 4) is 11.8 Å². The molecule has 0 radical (unpaired) electrons. The van der Waals surface area contributed by atoms with E-state index in [9.17, 15) is 13.2 Å². The first-order chi connectivity index (χ1) is 11.5. The average Bonchev–Trinajstić information content (AvgIpc) is 2.59. The second-order valence-electron chi connectivity index (χ2n) is 4.94. The Morgan fingerprint density at radius 3 is 2.42 bits per heavy atom. The minimum Gasteiger partial charge on any atom is -0.345 e. The molecule has 0 aliphatic rings. The highest BCUT2D eigenvalue weighted by molar-refractivity contribution is 7.91. The summed E-state index contributed by atoms with van der Waals surface area (Å²) in [7, 11) is -3.45. The van der Waals surface area contributed by atoms with Gasteiger partial charge >= 0.3 is 0 Å². The van der Waals surface area contributed by atoms with Gasteiger partial charge in [0.15, 0.2) is 9.84 Å². The summed E-state index contributed by atoms with van der Waals surface area (Å²) in [6.07, 6.45) is -0.106. The van der Waals surface area contributed by atoms with Crippen LogP contribution in [-0.4, -0.2) is 26.6 Å². The number of hydrogen-bond donors (Lipinski definition) is 1. The first kappa shape index (κ1) is 18.1. The molecule has 1 N–H and O–H groups in total. The van der Waals surface area contributed by atoms with Crippen molar-refractivity contribution in [3.05, 3.63) is 65.2 Å². The summed E-state index contributed by atoms with van der Waals surface area (Å²) < 4.78 is 24.1. The molecule has 0 bridgehead atoms. The Hall–Kier alpha value is -2.29. The van der Waals surface area contributed by atoms with Crippen molar-refractivity contribution in [1.29, 1.82) is 0 Å². The van der Waals surface area contributed by atoms with Gasteiger partial charge in [-0.25, -0.2) is 8.42 Å². The normalized spacial score (nSPS) is 10.5. The van der Waals surface area contributed by atoms with Crippen LogP contribution in [0.3, 0.4) is 0 Å². The van der Waals surface area contributed by atoms with Gasteiger partial charge in [-0.3, -0.25) is 4.79 Å². The fourth-order valence-corrected chi connectivity index (χ4v) is 3.35. The topological polar surface area (TPSA) is 63.2 Å². The van der Waals surface area contributed by atoms with Crippen LogP contribution in [0.15, 0.2) is 59.5 Å². The van der Waals surface area contributed by atoms with Crippen molar-refractivity contribution in [1.82, 2.24) is 5.32 Å². The van der Waals surface area contributed by atoms with Crippen LogP contribution in [0, 0.1) is 11.8 Å². The van der Waals surface area contributed by atoms with Gasteiger partial charge in [0, 0.05) is 12.0 Å². The minimum atomic E-state index is -3.45. The minimum absolute atomic E-state index is 0.106. The van der Waals surface area contributed by atoms with E-state index in [1.54, 1.807) is 30.3 Å². The molecule has 0 fully saturated rings. The molecule has 124 valence electrons. The van der Waals surface area contributed by atoms with Crippen molar-refractivity contribution >= 4 is 27.3 Å². The fraction of sp³-hybridized carbons (Fsp3) is 0.167. The van der Waals surface area contributed by atoms with Gasteiger partial charge in [-0.1, -0.05) is 53.8 Å². The van der Waals surface area contributed by atoms with E-state index in [1.165, 1.54) is 12.1 Å². The highest BCUT2D eigenvalue weighted by Gasteiger charge is 2.15. The second-order valence-corrected chi connectivity index (χ2v) is 7.46. The molecule has 0 aromatic heterocycles. The van der Waals surface area contributed by atoms with Crippen molar-refractivity contribution in [3.63, 3.8) is 0 Å². The van der Waals surface area contributed by atoms with Gasteiger partial charge in [-0.15, -0.1) is 0 Å². The number of halogens is 1. The number of rotatable bonds is 5. The maximum atomic E-state index is 12.1. The van der Waals surface area contributed by atoms with Gasteiger partial charge in [0.2, 0.25) is 5.91 Å². The summed E-state index contributed by atoms with van der Waals surface area (Å²) in [5, 5.41) is 3.12. The number of carbonyl (C=O) groups excluding carboxylic acids is 1. The summed E-state index contributed by atoms with van der Waals surface area (Å²) in [6, 6.07) is 15.2. The zero-order valence-electron chi connectivity index (χ0n) is 12.8. The lowest BCUT2D eigenvalue weighted by atomic mass is 10.2. The van der Waals surface area contributed by atoms with E-state index in [1.807, 2.05) is 12.1 Å². The van der Waals surface area contributed by atoms with Gasteiger partial charge in [0.1, 0.15) is 0 Å². The van der Waals surface area contributed by atoms with Gasteiger partial charge in [0.05, 0.1) is 22.2 Å². The molecule has 0 spiro atoms. The zero-order valence-corrected chi connectivity index (χ0v) is 14.4. The van der Waals surface area contributed by atoms with E-state index in [2.05, 4.69) is 17.2 Å². The molecule has 0 saturated carbocycles. The molecule has 24 heavy (non-hydrogen) atoms. The van der Waals surface area contributed by atoms with E-state index in [0.29, 0.717) is 10.6 Å². The first-order valence-corrected chi connectivity index (χ1v) is 9.30. The monoisotopic (exact) mass is 361 g/mol. The highest BCUT2D eigenvalue weighted by atomic mass is 35.5. The zero-order chi connectivity index (χ0) is 17.4. The van der Waals surface area contributed by atoms with Crippen molar-refractivity contribution in [2.75, 3.05) is 12.3 Å². The molecular weight excluding hydrogens is 346 g/mol. The molecule has 0 unspecified atom stereocenters. The Morgan fingerprint density at radius 2 is 1.71 bits per heavy atom. The molecule has 2 aromatic rings. The Labute approximate surface area is 146 Å². The smallest absolute Gasteiger partial charge is 0.221 e. The Bertz CT molecular complexity index is 868. The fourth-order valence-electron chi connectivity index (χ4n) is 1.91. The third kappa shape index (κ3) is 5.41. The Morgan fingerprint density at radius 1 is 1.04 bits per heavy atom. The second kappa shape index (κ2) is 8.53. The maximum Gasteiger partial charge on any atom is 0.221 e. The molecule has 2 rings (SSSR count). The Kier molecular flexibility index (Phi) is 6.42. The summed E-state index contributed by atoms with van der Waals surface area (Å²) in [4.78, 5) is 11.9. The maximum absolute atomic E-state index is 12.1. The molecule has 0 aliphatic heterocycles. The Balaban J connectivity index is 1.82.